The molecule has 0 fully saturated rings. The Kier molecular flexibility index (Phi) is 15.5. The molecule has 0 saturated carbocycles. The Bertz CT molecular complexity index is 1150. The number of unbranched alkanes of at least 4 members (excludes halogenated alkanes) is 5. The number of anilines is 1. The fourth-order valence-corrected chi connectivity index (χ4v) is 5.27. The van der Waals surface area contributed by atoms with Crippen molar-refractivity contribution in [2.45, 2.75) is 97.2 Å². The summed E-state index contributed by atoms with van der Waals surface area (Å²) >= 11 is 1.59. The molecule has 0 aromatic heterocycles. The normalized spacial score (nSPS) is 12.6. The van der Waals surface area contributed by atoms with Crippen molar-refractivity contribution < 1.29 is 23.9 Å². The molecule has 43 heavy (non-hydrogen) atoms. The van der Waals surface area contributed by atoms with Crippen molar-refractivity contribution in [3.8, 4) is 5.75 Å². The molecule has 3 amide bonds. The zero-order valence-corrected chi connectivity index (χ0v) is 27.9. The molecule has 9 heteroatoms. The van der Waals surface area contributed by atoms with E-state index >= 15 is 0 Å². The van der Waals surface area contributed by atoms with Crippen LogP contribution in [-0.2, 0) is 14.3 Å². The monoisotopic (exact) mass is 613 g/mol. The first-order valence-electron chi connectivity index (χ1n) is 15.3. The number of rotatable bonds is 17. The van der Waals surface area contributed by atoms with Gasteiger partial charge in [0.2, 0.25) is 5.91 Å². The van der Waals surface area contributed by atoms with Gasteiger partial charge in [0.15, 0.2) is 0 Å². The van der Waals surface area contributed by atoms with Gasteiger partial charge >= 0.3 is 6.09 Å². The second-order valence-corrected chi connectivity index (χ2v) is 12.7. The van der Waals surface area contributed by atoms with Gasteiger partial charge in [-0.2, -0.15) is 11.8 Å². The maximum absolute atomic E-state index is 14.4. The largest absolute Gasteiger partial charge is 0.497 e. The van der Waals surface area contributed by atoms with E-state index in [1.54, 1.807) is 68.8 Å². The van der Waals surface area contributed by atoms with Crippen LogP contribution in [0.2, 0.25) is 0 Å². The van der Waals surface area contributed by atoms with E-state index in [1.807, 2.05) is 37.4 Å². The SMILES string of the molecule is CCCCCCCCN(C(=O)C(CCSC)NC(=O)OC(C)(C)C)C(C(=O)Nc1ccc(OC)cc1)c1ccccc1C. The Morgan fingerprint density at radius 3 is 2.21 bits per heavy atom. The lowest BCUT2D eigenvalue weighted by Crippen LogP contribution is -2.53. The zero-order valence-electron chi connectivity index (χ0n) is 27.0. The van der Waals surface area contributed by atoms with Crippen LogP contribution in [0.4, 0.5) is 10.5 Å². The number of carbonyl (C=O) groups is 3. The summed E-state index contributed by atoms with van der Waals surface area (Å²) in [7, 11) is 1.59. The van der Waals surface area contributed by atoms with Crippen LogP contribution < -0.4 is 15.4 Å². The van der Waals surface area contributed by atoms with Crippen LogP contribution in [-0.4, -0.2) is 60.1 Å². The van der Waals surface area contributed by atoms with E-state index in [9.17, 15) is 14.4 Å². The molecule has 0 aliphatic heterocycles. The molecule has 2 atom stereocenters. The van der Waals surface area contributed by atoms with Gasteiger partial charge in [-0.25, -0.2) is 4.79 Å². The molecule has 0 heterocycles. The lowest BCUT2D eigenvalue weighted by atomic mass is 9.97. The van der Waals surface area contributed by atoms with Crippen molar-refractivity contribution in [3.63, 3.8) is 0 Å². The molecule has 0 radical (unpaired) electrons. The van der Waals surface area contributed by atoms with Gasteiger partial charge < -0.3 is 25.0 Å². The number of carbonyl (C=O) groups excluding carboxylic acids is 3. The highest BCUT2D eigenvalue weighted by Crippen LogP contribution is 2.28. The van der Waals surface area contributed by atoms with Crippen LogP contribution in [0.3, 0.4) is 0 Å². The molecular formula is C34H51N3O5S. The summed E-state index contributed by atoms with van der Waals surface area (Å²) in [5.74, 6) is 0.717. The second kappa shape index (κ2) is 18.5. The van der Waals surface area contributed by atoms with Gasteiger partial charge in [0, 0.05) is 12.2 Å². The van der Waals surface area contributed by atoms with Crippen LogP contribution in [0.25, 0.3) is 0 Å². The first-order chi connectivity index (χ1) is 20.5. The number of aryl methyl sites for hydroxylation is 1. The first-order valence-corrected chi connectivity index (χ1v) is 16.7. The van der Waals surface area contributed by atoms with Gasteiger partial charge in [-0.3, -0.25) is 9.59 Å². The van der Waals surface area contributed by atoms with E-state index in [0.717, 1.165) is 43.2 Å². The number of benzene rings is 2. The summed E-state index contributed by atoms with van der Waals surface area (Å²) in [4.78, 5) is 43.1. The molecular weight excluding hydrogens is 562 g/mol. The standard InChI is InChI=1S/C34H51N3O5S/c1-8-9-10-11-12-15-23-37(32(39)29(22-24-43-7)36-33(40)42-34(3,4)5)30(28-17-14-13-16-25(28)2)31(38)35-26-18-20-27(41-6)21-19-26/h13-14,16-21,29-30H,8-12,15,22-24H2,1-7H3,(H,35,38)(H,36,40). The molecule has 2 aromatic rings. The second-order valence-electron chi connectivity index (χ2n) is 11.8. The van der Waals surface area contributed by atoms with E-state index in [1.165, 1.54) is 6.42 Å². The summed E-state index contributed by atoms with van der Waals surface area (Å²) in [6.45, 7) is 9.86. The minimum absolute atomic E-state index is 0.299. The third-order valence-corrected chi connectivity index (χ3v) is 7.68. The Morgan fingerprint density at radius 1 is 0.953 bits per heavy atom. The highest BCUT2D eigenvalue weighted by atomic mass is 32.2. The smallest absolute Gasteiger partial charge is 0.408 e. The predicted octanol–water partition coefficient (Wildman–Crippen LogP) is 7.52. The van der Waals surface area contributed by atoms with Crippen LogP contribution >= 0.6 is 11.8 Å². The van der Waals surface area contributed by atoms with Crippen molar-refractivity contribution in [1.82, 2.24) is 10.2 Å². The Hall–Kier alpha value is -3.20. The van der Waals surface area contributed by atoms with Gasteiger partial charge in [0.25, 0.3) is 5.91 Å². The van der Waals surface area contributed by atoms with Gasteiger partial charge in [-0.05, 0) is 87.9 Å². The molecule has 0 saturated heterocycles. The number of methoxy groups -OCH3 is 1. The average molecular weight is 614 g/mol. The number of amides is 3. The van der Waals surface area contributed by atoms with Crippen molar-refractivity contribution in [2.75, 3.05) is 31.0 Å². The lowest BCUT2D eigenvalue weighted by molar-refractivity contribution is -0.141. The Labute approximate surface area is 262 Å². The maximum atomic E-state index is 14.4. The number of hydrogen-bond donors (Lipinski definition) is 2. The van der Waals surface area contributed by atoms with E-state index < -0.39 is 23.8 Å². The molecule has 0 aliphatic rings. The predicted molar refractivity (Wildman–Crippen MR) is 177 cm³/mol. The minimum atomic E-state index is -0.899. The van der Waals surface area contributed by atoms with Crippen molar-refractivity contribution >= 4 is 35.4 Å². The first kappa shape index (κ1) is 36.0. The number of alkyl carbamates (subject to hydrolysis) is 1. The number of hydrogen-bond acceptors (Lipinski definition) is 6. The third-order valence-electron chi connectivity index (χ3n) is 7.04. The number of thioether (sulfide) groups is 1. The van der Waals surface area contributed by atoms with Crippen LogP contribution in [0.5, 0.6) is 5.75 Å². The summed E-state index contributed by atoms with van der Waals surface area (Å²) < 4.78 is 10.8. The number of nitrogens with one attached hydrogen (secondary N) is 2. The maximum Gasteiger partial charge on any atom is 0.408 e. The molecule has 2 N–H and O–H groups in total. The van der Waals surface area contributed by atoms with Crippen molar-refractivity contribution in [2.24, 2.45) is 0 Å². The van der Waals surface area contributed by atoms with Gasteiger partial charge in [0.05, 0.1) is 7.11 Å². The molecule has 0 spiro atoms. The number of nitrogens with zero attached hydrogens (tertiary/aromatic N) is 1. The topological polar surface area (TPSA) is 97.0 Å². The highest BCUT2D eigenvalue weighted by molar-refractivity contribution is 7.98. The van der Waals surface area contributed by atoms with Gasteiger partial charge in [0.1, 0.15) is 23.4 Å². The summed E-state index contributed by atoms with van der Waals surface area (Å²) in [6.07, 6.45) is 7.94. The van der Waals surface area contributed by atoms with Crippen molar-refractivity contribution in [1.29, 1.82) is 0 Å². The summed E-state index contributed by atoms with van der Waals surface area (Å²) in [5.41, 5.74) is 1.53. The van der Waals surface area contributed by atoms with Crippen LogP contribution in [0, 0.1) is 6.92 Å². The fraction of sp³-hybridized carbons (Fsp3) is 0.559. The van der Waals surface area contributed by atoms with E-state index in [0.29, 0.717) is 30.2 Å². The molecule has 2 unspecified atom stereocenters. The third kappa shape index (κ3) is 12.5. The molecule has 0 aliphatic carbocycles. The minimum Gasteiger partial charge on any atom is -0.497 e. The van der Waals surface area contributed by atoms with Crippen LogP contribution in [0.15, 0.2) is 48.5 Å². The van der Waals surface area contributed by atoms with E-state index in [4.69, 9.17) is 9.47 Å². The summed E-state index contributed by atoms with van der Waals surface area (Å²) in [5, 5.41) is 5.84. The van der Waals surface area contributed by atoms with E-state index in [-0.39, 0.29) is 11.8 Å². The molecule has 2 rings (SSSR count). The van der Waals surface area contributed by atoms with Crippen LogP contribution in [0.1, 0.15) is 89.8 Å². The highest BCUT2D eigenvalue weighted by Gasteiger charge is 2.36. The van der Waals surface area contributed by atoms with E-state index in [2.05, 4.69) is 17.6 Å². The van der Waals surface area contributed by atoms with Gasteiger partial charge in [-0.1, -0.05) is 63.3 Å². The number of ether oxygens (including phenoxy) is 2. The fourth-order valence-electron chi connectivity index (χ4n) is 4.80. The van der Waals surface area contributed by atoms with Gasteiger partial charge in [-0.15, -0.1) is 0 Å². The lowest BCUT2D eigenvalue weighted by Gasteiger charge is -2.35. The summed E-state index contributed by atoms with van der Waals surface area (Å²) in [6, 6.07) is 13.0. The quantitative estimate of drug-likeness (QED) is 0.179. The molecule has 0 bridgehead atoms. The Morgan fingerprint density at radius 2 is 1.60 bits per heavy atom. The Balaban J connectivity index is 2.50. The average Bonchev–Trinajstić information content (AvgIpc) is 2.96. The van der Waals surface area contributed by atoms with Crippen molar-refractivity contribution in [3.05, 3.63) is 59.7 Å². The zero-order chi connectivity index (χ0) is 31.8. The molecule has 2 aromatic carbocycles. The molecule has 8 nitrogen and oxygen atoms in total. The molecule has 238 valence electrons.